The second kappa shape index (κ2) is 5.39. The van der Waals surface area contributed by atoms with Gasteiger partial charge in [-0.2, -0.15) is 0 Å². The second-order valence-electron chi connectivity index (χ2n) is 5.02. The largest absolute Gasteiger partial charge is 0.345 e. The molecule has 1 fully saturated rings. The molecule has 0 aromatic carbocycles. The number of aromatic amines is 1. The summed E-state index contributed by atoms with van der Waals surface area (Å²) < 4.78 is 0. The van der Waals surface area contributed by atoms with E-state index in [1.165, 1.54) is 13.1 Å². The van der Waals surface area contributed by atoms with Crippen molar-refractivity contribution in [2.45, 2.75) is 19.4 Å². The molecule has 0 spiro atoms. The van der Waals surface area contributed by atoms with Gasteiger partial charge in [0.1, 0.15) is 5.52 Å². The van der Waals surface area contributed by atoms with Gasteiger partial charge in [0, 0.05) is 32.3 Å². The topological polar surface area (TPSA) is 103 Å². The molecule has 1 saturated heterocycles. The Bertz CT molecular complexity index is 682. The average molecular weight is 288 g/mol. The van der Waals surface area contributed by atoms with Crippen LogP contribution in [0.4, 0.5) is 10.6 Å². The smallest absolute Gasteiger partial charge is 0.320 e. The van der Waals surface area contributed by atoms with Gasteiger partial charge in [0.25, 0.3) is 0 Å². The SMILES string of the molecule is CC(=O)N1CC[C@H](NC(=O)Nc2cnc3[nH]ccc3n2)C1. The van der Waals surface area contributed by atoms with Gasteiger partial charge in [-0.25, -0.2) is 14.8 Å². The summed E-state index contributed by atoms with van der Waals surface area (Å²) in [5.41, 5.74) is 1.37. The van der Waals surface area contributed by atoms with Crippen LogP contribution in [0.2, 0.25) is 0 Å². The Morgan fingerprint density at radius 2 is 2.33 bits per heavy atom. The molecule has 0 bridgehead atoms. The van der Waals surface area contributed by atoms with Crippen LogP contribution in [-0.2, 0) is 4.79 Å². The van der Waals surface area contributed by atoms with Gasteiger partial charge in [-0.05, 0) is 12.5 Å². The maximum absolute atomic E-state index is 11.9. The highest BCUT2D eigenvalue weighted by Crippen LogP contribution is 2.11. The summed E-state index contributed by atoms with van der Waals surface area (Å²) in [6.45, 7) is 2.75. The van der Waals surface area contributed by atoms with Crippen LogP contribution < -0.4 is 10.6 Å². The van der Waals surface area contributed by atoms with Gasteiger partial charge in [-0.1, -0.05) is 0 Å². The molecule has 3 amide bonds. The van der Waals surface area contributed by atoms with Gasteiger partial charge < -0.3 is 15.2 Å². The number of likely N-dealkylation sites (tertiary alicyclic amines) is 1. The number of aromatic nitrogens is 3. The minimum atomic E-state index is -0.338. The Morgan fingerprint density at radius 3 is 3.10 bits per heavy atom. The number of nitrogens with one attached hydrogen (secondary N) is 3. The number of H-pyrrole nitrogens is 1. The first kappa shape index (κ1) is 13.3. The molecule has 0 unspecified atom stereocenters. The Balaban J connectivity index is 1.58. The molecular weight excluding hydrogens is 272 g/mol. The van der Waals surface area contributed by atoms with Crippen LogP contribution in [0.25, 0.3) is 11.2 Å². The standard InChI is InChI=1S/C13H16N6O2/c1-8(20)19-5-3-9(7-19)16-13(21)18-11-6-15-12-10(17-11)2-4-14-12/h2,4,6,9H,3,5,7H2,1H3,(H,14,15)(H2,16,17,18,21)/t9-/m0/s1. The third kappa shape index (κ3) is 2.93. The average Bonchev–Trinajstić information content (AvgIpc) is 3.06. The highest BCUT2D eigenvalue weighted by Gasteiger charge is 2.25. The highest BCUT2D eigenvalue weighted by molar-refractivity contribution is 5.89. The first-order valence-corrected chi connectivity index (χ1v) is 6.75. The van der Waals surface area contributed by atoms with Crippen LogP contribution in [0.1, 0.15) is 13.3 Å². The van der Waals surface area contributed by atoms with Crippen LogP contribution in [0.3, 0.4) is 0 Å². The molecule has 110 valence electrons. The zero-order chi connectivity index (χ0) is 14.8. The lowest BCUT2D eigenvalue weighted by atomic mass is 10.3. The lowest BCUT2D eigenvalue weighted by Crippen LogP contribution is -2.40. The summed E-state index contributed by atoms with van der Waals surface area (Å²) in [4.78, 5) is 36.2. The number of carbonyl (C=O) groups is 2. The predicted octanol–water partition coefficient (Wildman–Crippen LogP) is 0.700. The fraction of sp³-hybridized carbons (Fsp3) is 0.385. The maximum Gasteiger partial charge on any atom is 0.320 e. The summed E-state index contributed by atoms with van der Waals surface area (Å²) in [7, 11) is 0. The van der Waals surface area contributed by atoms with Crippen LogP contribution in [0.15, 0.2) is 18.5 Å². The van der Waals surface area contributed by atoms with E-state index in [9.17, 15) is 9.59 Å². The first-order chi connectivity index (χ1) is 10.1. The van der Waals surface area contributed by atoms with Crippen LogP contribution in [0.5, 0.6) is 0 Å². The molecule has 1 aliphatic heterocycles. The first-order valence-electron chi connectivity index (χ1n) is 6.75. The molecule has 1 aliphatic rings. The van der Waals surface area contributed by atoms with Gasteiger partial charge in [0.2, 0.25) is 5.91 Å². The molecule has 0 saturated carbocycles. The van der Waals surface area contributed by atoms with Gasteiger partial charge in [0.05, 0.1) is 6.20 Å². The van der Waals surface area contributed by atoms with E-state index in [2.05, 4.69) is 25.6 Å². The lowest BCUT2D eigenvalue weighted by molar-refractivity contribution is -0.127. The molecule has 3 rings (SSSR count). The second-order valence-corrected chi connectivity index (χ2v) is 5.02. The van der Waals surface area contributed by atoms with Crippen molar-refractivity contribution in [3.63, 3.8) is 0 Å². The van der Waals surface area contributed by atoms with Gasteiger partial charge >= 0.3 is 6.03 Å². The molecule has 2 aromatic heterocycles. The van der Waals surface area contributed by atoms with Crippen molar-refractivity contribution in [1.29, 1.82) is 0 Å². The predicted molar refractivity (Wildman–Crippen MR) is 76.7 cm³/mol. The van der Waals surface area contributed by atoms with Gasteiger partial charge in [-0.15, -0.1) is 0 Å². The Morgan fingerprint density at radius 1 is 1.48 bits per heavy atom. The zero-order valence-corrected chi connectivity index (χ0v) is 11.6. The summed E-state index contributed by atoms with van der Waals surface area (Å²) in [6, 6.07) is 1.42. The maximum atomic E-state index is 11.9. The molecule has 3 N–H and O–H groups in total. The monoisotopic (exact) mass is 288 g/mol. The van der Waals surface area contributed by atoms with E-state index >= 15 is 0 Å². The minimum absolute atomic E-state index is 0.0298. The third-order valence-corrected chi connectivity index (χ3v) is 3.47. The number of amides is 3. The zero-order valence-electron chi connectivity index (χ0n) is 11.6. The van der Waals surface area contributed by atoms with Crippen molar-refractivity contribution in [2.24, 2.45) is 0 Å². The number of anilines is 1. The van der Waals surface area contributed by atoms with Crippen molar-refractivity contribution >= 4 is 28.9 Å². The van der Waals surface area contributed by atoms with E-state index in [0.29, 0.717) is 30.1 Å². The molecule has 8 heteroatoms. The lowest BCUT2D eigenvalue weighted by Gasteiger charge is -2.15. The third-order valence-electron chi connectivity index (χ3n) is 3.47. The Labute approximate surface area is 120 Å². The van der Waals surface area contributed by atoms with E-state index < -0.39 is 0 Å². The molecule has 3 heterocycles. The Kier molecular flexibility index (Phi) is 3.43. The number of nitrogens with zero attached hydrogens (tertiary/aromatic N) is 3. The van der Waals surface area contributed by atoms with E-state index in [-0.39, 0.29) is 18.0 Å². The summed E-state index contributed by atoms with van der Waals surface area (Å²) in [6.07, 6.45) is 3.99. The number of urea groups is 1. The molecular formula is C13H16N6O2. The van der Waals surface area contributed by atoms with Crippen molar-refractivity contribution in [2.75, 3.05) is 18.4 Å². The molecule has 8 nitrogen and oxygen atoms in total. The molecule has 2 aromatic rings. The van der Waals surface area contributed by atoms with Crippen molar-refractivity contribution < 1.29 is 9.59 Å². The summed E-state index contributed by atoms with van der Waals surface area (Å²) >= 11 is 0. The fourth-order valence-corrected chi connectivity index (χ4v) is 2.39. The normalized spacial score (nSPS) is 18.0. The van der Waals surface area contributed by atoms with Crippen molar-refractivity contribution in [1.82, 2.24) is 25.2 Å². The van der Waals surface area contributed by atoms with Crippen molar-refractivity contribution in [3.8, 4) is 0 Å². The number of hydrogen-bond donors (Lipinski definition) is 3. The Hall–Kier alpha value is -2.64. The molecule has 1 atom stereocenters. The number of rotatable bonds is 2. The minimum Gasteiger partial charge on any atom is -0.345 e. The van der Waals surface area contributed by atoms with Gasteiger partial charge in [0.15, 0.2) is 11.5 Å². The van der Waals surface area contributed by atoms with E-state index in [1.54, 1.807) is 17.2 Å². The van der Waals surface area contributed by atoms with E-state index in [0.717, 1.165) is 6.42 Å². The highest BCUT2D eigenvalue weighted by atomic mass is 16.2. The number of hydrogen-bond acceptors (Lipinski definition) is 4. The van der Waals surface area contributed by atoms with E-state index in [1.807, 2.05) is 0 Å². The van der Waals surface area contributed by atoms with Crippen molar-refractivity contribution in [3.05, 3.63) is 18.5 Å². The number of fused-ring (bicyclic) bond motifs is 1. The molecule has 0 radical (unpaired) electrons. The van der Waals surface area contributed by atoms with Crippen LogP contribution >= 0.6 is 0 Å². The van der Waals surface area contributed by atoms with E-state index in [4.69, 9.17) is 0 Å². The molecule has 0 aliphatic carbocycles. The summed E-state index contributed by atoms with van der Waals surface area (Å²) in [5, 5.41) is 5.49. The molecule has 21 heavy (non-hydrogen) atoms. The quantitative estimate of drug-likeness (QED) is 0.756. The fourth-order valence-electron chi connectivity index (χ4n) is 2.39. The summed E-state index contributed by atoms with van der Waals surface area (Å²) in [5.74, 6) is 0.421. The van der Waals surface area contributed by atoms with Crippen LogP contribution in [0, 0.1) is 0 Å². The number of carbonyl (C=O) groups excluding carboxylic acids is 2. The van der Waals surface area contributed by atoms with Gasteiger partial charge in [-0.3, -0.25) is 10.1 Å². The van der Waals surface area contributed by atoms with Crippen LogP contribution in [-0.4, -0.2) is 50.9 Å².